The number of carbonyl (C=O) groups excluding carboxylic acids is 1. The summed E-state index contributed by atoms with van der Waals surface area (Å²) in [5.74, 6) is -0.526. The minimum atomic E-state index is -0.438. The Bertz CT molecular complexity index is 619. The Balaban J connectivity index is 2.37. The molecule has 0 atom stereocenters. The first kappa shape index (κ1) is 13.6. The molecule has 0 unspecified atom stereocenters. The van der Waals surface area contributed by atoms with Crippen LogP contribution in [0.2, 0.25) is 0 Å². The molecule has 6 heteroatoms. The predicted octanol–water partition coefficient (Wildman–Crippen LogP) is 2.76. The van der Waals surface area contributed by atoms with Gasteiger partial charge in [-0.15, -0.1) is 0 Å². The van der Waals surface area contributed by atoms with Gasteiger partial charge in [-0.25, -0.2) is 14.4 Å². The van der Waals surface area contributed by atoms with Crippen molar-refractivity contribution in [3.63, 3.8) is 0 Å². The number of carbonyl (C=O) groups is 1. The quantitative estimate of drug-likeness (QED) is 0.815. The van der Waals surface area contributed by atoms with Crippen molar-refractivity contribution >= 4 is 21.9 Å². The van der Waals surface area contributed by atoms with Crippen LogP contribution in [0.5, 0.6) is 0 Å². The van der Waals surface area contributed by atoms with Crippen molar-refractivity contribution < 1.29 is 13.9 Å². The zero-order chi connectivity index (χ0) is 13.8. The van der Waals surface area contributed by atoms with Crippen LogP contribution in [0, 0.1) is 5.82 Å². The molecule has 98 valence electrons. The monoisotopic (exact) mass is 324 g/mol. The van der Waals surface area contributed by atoms with Gasteiger partial charge in [-0.05, 0) is 24.3 Å². The average molecular weight is 325 g/mol. The fourth-order valence-corrected chi connectivity index (χ4v) is 1.89. The third kappa shape index (κ3) is 3.35. The lowest BCUT2D eigenvalue weighted by Gasteiger charge is -2.05. The van der Waals surface area contributed by atoms with Crippen LogP contribution in [0.1, 0.15) is 5.82 Å². The lowest BCUT2D eigenvalue weighted by Crippen LogP contribution is -2.08. The Kier molecular flexibility index (Phi) is 4.21. The standard InChI is InChI=1S/C13H10BrFN2O2/c1-19-13(18)7-12-16-5-4-11(17-12)9-6-8(14)2-3-10(9)15/h2-6H,7H2,1H3. The highest BCUT2D eigenvalue weighted by atomic mass is 79.9. The highest BCUT2D eigenvalue weighted by Crippen LogP contribution is 2.24. The third-order valence-corrected chi connectivity index (χ3v) is 2.93. The maximum Gasteiger partial charge on any atom is 0.313 e. The van der Waals surface area contributed by atoms with Gasteiger partial charge in [0.05, 0.1) is 12.8 Å². The summed E-state index contributed by atoms with van der Waals surface area (Å²) >= 11 is 3.28. The number of esters is 1. The van der Waals surface area contributed by atoms with Crippen LogP contribution in [-0.2, 0) is 16.0 Å². The molecule has 0 amide bonds. The molecule has 2 rings (SSSR count). The molecule has 0 bridgehead atoms. The normalized spacial score (nSPS) is 10.3. The summed E-state index contributed by atoms with van der Waals surface area (Å²) in [5, 5.41) is 0. The van der Waals surface area contributed by atoms with E-state index in [-0.39, 0.29) is 12.2 Å². The van der Waals surface area contributed by atoms with Crippen molar-refractivity contribution in [1.82, 2.24) is 9.97 Å². The molecule has 0 saturated heterocycles. The van der Waals surface area contributed by atoms with Crippen molar-refractivity contribution in [2.75, 3.05) is 7.11 Å². The molecule has 0 radical (unpaired) electrons. The van der Waals surface area contributed by atoms with Crippen molar-refractivity contribution in [2.45, 2.75) is 6.42 Å². The van der Waals surface area contributed by atoms with E-state index in [4.69, 9.17) is 0 Å². The number of benzene rings is 1. The molecule has 2 aromatic rings. The number of methoxy groups -OCH3 is 1. The van der Waals surface area contributed by atoms with Gasteiger partial charge in [-0.3, -0.25) is 4.79 Å². The van der Waals surface area contributed by atoms with Gasteiger partial charge < -0.3 is 4.74 Å². The average Bonchev–Trinajstić information content (AvgIpc) is 2.41. The van der Waals surface area contributed by atoms with Gasteiger partial charge in [0.1, 0.15) is 18.1 Å². The van der Waals surface area contributed by atoms with Crippen LogP contribution in [-0.4, -0.2) is 23.0 Å². The molecule has 4 nitrogen and oxygen atoms in total. The molecule has 1 aromatic carbocycles. The van der Waals surface area contributed by atoms with E-state index >= 15 is 0 Å². The lowest BCUT2D eigenvalue weighted by atomic mass is 10.1. The van der Waals surface area contributed by atoms with Crippen LogP contribution in [0.15, 0.2) is 34.9 Å². The van der Waals surface area contributed by atoms with E-state index < -0.39 is 5.97 Å². The fraction of sp³-hybridized carbons (Fsp3) is 0.154. The van der Waals surface area contributed by atoms with Crippen molar-refractivity contribution in [1.29, 1.82) is 0 Å². The Morgan fingerprint density at radius 3 is 2.95 bits per heavy atom. The Morgan fingerprint density at radius 1 is 1.42 bits per heavy atom. The van der Waals surface area contributed by atoms with Crippen LogP contribution < -0.4 is 0 Å². The van der Waals surface area contributed by atoms with E-state index in [9.17, 15) is 9.18 Å². The molecule has 0 spiro atoms. The van der Waals surface area contributed by atoms with Crippen LogP contribution in [0.4, 0.5) is 4.39 Å². The molecule has 1 heterocycles. The lowest BCUT2D eigenvalue weighted by molar-refractivity contribution is -0.139. The maximum atomic E-state index is 13.7. The number of rotatable bonds is 3. The molecule has 0 aliphatic rings. The van der Waals surface area contributed by atoms with Crippen LogP contribution in [0.25, 0.3) is 11.3 Å². The van der Waals surface area contributed by atoms with E-state index in [1.807, 2.05) is 0 Å². The number of aromatic nitrogens is 2. The highest BCUT2D eigenvalue weighted by molar-refractivity contribution is 9.10. The summed E-state index contributed by atoms with van der Waals surface area (Å²) in [6.07, 6.45) is 1.45. The first-order valence-corrected chi connectivity index (χ1v) is 6.23. The van der Waals surface area contributed by atoms with Gasteiger partial charge in [0.25, 0.3) is 0 Å². The van der Waals surface area contributed by atoms with Gasteiger partial charge in [-0.2, -0.15) is 0 Å². The molecule has 0 aliphatic heterocycles. The topological polar surface area (TPSA) is 52.1 Å². The minimum Gasteiger partial charge on any atom is -0.469 e. The molecule has 0 saturated carbocycles. The van der Waals surface area contributed by atoms with E-state index in [2.05, 4.69) is 30.6 Å². The summed E-state index contributed by atoms with van der Waals surface area (Å²) in [7, 11) is 1.29. The van der Waals surface area contributed by atoms with Gasteiger partial charge >= 0.3 is 5.97 Å². The Labute approximate surface area is 117 Å². The first-order chi connectivity index (χ1) is 9.10. The number of hydrogen-bond donors (Lipinski definition) is 0. The SMILES string of the molecule is COC(=O)Cc1nccc(-c2cc(Br)ccc2F)n1. The third-order valence-electron chi connectivity index (χ3n) is 2.44. The predicted molar refractivity (Wildman–Crippen MR) is 70.8 cm³/mol. The molecule has 0 aliphatic carbocycles. The van der Waals surface area contributed by atoms with Gasteiger partial charge in [0, 0.05) is 16.2 Å². The summed E-state index contributed by atoms with van der Waals surface area (Å²) in [4.78, 5) is 19.3. The van der Waals surface area contributed by atoms with Crippen LogP contribution >= 0.6 is 15.9 Å². The molecule has 0 fully saturated rings. The van der Waals surface area contributed by atoms with E-state index in [0.717, 1.165) is 4.47 Å². The molecule has 19 heavy (non-hydrogen) atoms. The van der Waals surface area contributed by atoms with Crippen LogP contribution in [0.3, 0.4) is 0 Å². The Morgan fingerprint density at radius 2 is 2.21 bits per heavy atom. The largest absolute Gasteiger partial charge is 0.469 e. The molecular formula is C13H10BrFN2O2. The highest BCUT2D eigenvalue weighted by Gasteiger charge is 2.10. The zero-order valence-corrected chi connectivity index (χ0v) is 11.6. The Hall–Kier alpha value is -1.82. The number of halogens is 2. The summed E-state index contributed by atoms with van der Waals surface area (Å²) in [6, 6.07) is 6.17. The molecule has 0 N–H and O–H groups in total. The van der Waals surface area contributed by atoms with E-state index in [1.54, 1.807) is 18.2 Å². The van der Waals surface area contributed by atoms with Crippen molar-refractivity contribution in [3.8, 4) is 11.3 Å². The first-order valence-electron chi connectivity index (χ1n) is 5.44. The van der Waals surface area contributed by atoms with Crippen molar-refractivity contribution in [3.05, 3.63) is 46.6 Å². The number of hydrogen-bond acceptors (Lipinski definition) is 4. The second kappa shape index (κ2) is 5.88. The summed E-state index contributed by atoms with van der Waals surface area (Å²) in [6.45, 7) is 0. The second-order valence-corrected chi connectivity index (χ2v) is 4.65. The minimum absolute atomic E-state index is 0.0417. The summed E-state index contributed by atoms with van der Waals surface area (Å²) < 4.78 is 19.0. The van der Waals surface area contributed by atoms with E-state index in [1.165, 1.54) is 19.4 Å². The smallest absolute Gasteiger partial charge is 0.313 e. The van der Waals surface area contributed by atoms with Gasteiger partial charge in [0.2, 0.25) is 0 Å². The van der Waals surface area contributed by atoms with E-state index in [0.29, 0.717) is 17.1 Å². The zero-order valence-electron chi connectivity index (χ0n) is 10.1. The summed E-state index contributed by atoms with van der Waals surface area (Å²) in [5.41, 5.74) is 0.774. The fourth-order valence-electron chi connectivity index (χ4n) is 1.53. The van der Waals surface area contributed by atoms with Gasteiger partial charge in [-0.1, -0.05) is 15.9 Å². The maximum absolute atomic E-state index is 13.7. The molecule has 1 aromatic heterocycles. The van der Waals surface area contributed by atoms with Gasteiger partial charge in [0.15, 0.2) is 0 Å². The molecular weight excluding hydrogens is 315 g/mol. The van der Waals surface area contributed by atoms with Crippen molar-refractivity contribution in [2.24, 2.45) is 0 Å². The number of nitrogens with zero attached hydrogens (tertiary/aromatic N) is 2. The number of ether oxygens (including phenoxy) is 1. The second-order valence-electron chi connectivity index (χ2n) is 3.74.